The predicted octanol–water partition coefficient (Wildman–Crippen LogP) is 6.54. The second kappa shape index (κ2) is 13.3. The van der Waals surface area contributed by atoms with Crippen LogP contribution in [0.4, 0.5) is 5.69 Å². The van der Waals surface area contributed by atoms with Crippen LogP contribution in [0.25, 0.3) is 21.9 Å². The van der Waals surface area contributed by atoms with Crippen LogP contribution in [0.1, 0.15) is 68.7 Å². The molecule has 10 nitrogen and oxygen atoms in total. The van der Waals surface area contributed by atoms with Crippen LogP contribution in [0.15, 0.2) is 63.6 Å². The van der Waals surface area contributed by atoms with Crippen LogP contribution in [0.2, 0.25) is 5.02 Å². The first-order valence-corrected chi connectivity index (χ1v) is 15.7. The molecular weight excluding hydrogens is 594 g/mol. The lowest BCUT2D eigenvalue weighted by molar-refractivity contribution is -0.139. The summed E-state index contributed by atoms with van der Waals surface area (Å²) in [7, 11) is 1.32. The Hall–Kier alpha value is -4.44. The largest absolute Gasteiger partial charge is 0.466 e. The third-order valence-electron chi connectivity index (χ3n) is 8.59. The number of carbonyl (C=O) groups is 2. The van der Waals surface area contributed by atoms with Crippen LogP contribution in [-0.4, -0.2) is 47.5 Å². The Bertz CT molecular complexity index is 1850. The van der Waals surface area contributed by atoms with E-state index in [-0.39, 0.29) is 6.61 Å². The summed E-state index contributed by atoms with van der Waals surface area (Å²) in [6.07, 6.45) is 6.82. The molecule has 0 saturated heterocycles. The highest BCUT2D eigenvalue weighted by Gasteiger charge is 2.39. The van der Waals surface area contributed by atoms with Gasteiger partial charge >= 0.3 is 11.9 Å². The summed E-state index contributed by atoms with van der Waals surface area (Å²) in [5.74, 6) is -1.81. The van der Waals surface area contributed by atoms with Gasteiger partial charge in [0.2, 0.25) is 0 Å². The van der Waals surface area contributed by atoms with E-state index >= 15 is 0 Å². The van der Waals surface area contributed by atoms with Gasteiger partial charge in [-0.15, -0.1) is 0 Å². The fourth-order valence-corrected chi connectivity index (χ4v) is 6.64. The van der Waals surface area contributed by atoms with Gasteiger partial charge < -0.3 is 20.1 Å². The zero-order valence-electron chi connectivity index (χ0n) is 25.7. The van der Waals surface area contributed by atoms with Crippen molar-refractivity contribution >= 4 is 51.2 Å². The van der Waals surface area contributed by atoms with Crippen molar-refractivity contribution in [1.29, 1.82) is 0 Å². The third kappa shape index (κ3) is 6.11. The number of hydrogen-bond donors (Lipinski definition) is 2. The van der Waals surface area contributed by atoms with Crippen LogP contribution in [-0.2, 0) is 31.9 Å². The van der Waals surface area contributed by atoms with Gasteiger partial charge in [0, 0.05) is 39.7 Å². The van der Waals surface area contributed by atoms with Crippen molar-refractivity contribution in [3.05, 3.63) is 80.8 Å². The van der Waals surface area contributed by atoms with E-state index in [9.17, 15) is 9.59 Å². The fraction of sp³-hybridized carbons (Fsp3) is 0.382. The summed E-state index contributed by atoms with van der Waals surface area (Å²) < 4.78 is 15.9. The standard InChI is InChI=1S/C34H36ClN5O5/c1-19-28(33(41)43-3)30(24-11-9-13-26-32(24)40-45-39-26)29(20(2)37-19)34(42)44-17-8-4-7-16-36-31-22-10-5-6-12-25(22)38-27-18-21(35)14-15-23(27)31/h9,11,13-15,18,30,37H,4-8,10,12,16-17H2,1-3H3,(H,36,38). The Morgan fingerprint density at radius 1 is 1.00 bits per heavy atom. The zero-order valence-corrected chi connectivity index (χ0v) is 26.4. The first-order chi connectivity index (χ1) is 21.9. The number of hydrogen-bond acceptors (Lipinski definition) is 10. The van der Waals surface area contributed by atoms with E-state index in [0.29, 0.717) is 50.6 Å². The van der Waals surface area contributed by atoms with Gasteiger partial charge in [-0.05, 0) is 104 Å². The summed E-state index contributed by atoms with van der Waals surface area (Å²) >= 11 is 6.27. The average Bonchev–Trinajstić information content (AvgIpc) is 3.52. The summed E-state index contributed by atoms with van der Waals surface area (Å²) in [6.45, 7) is 4.62. The van der Waals surface area contributed by atoms with E-state index in [1.165, 1.54) is 24.8 Å². The Balaban J connectivity index is 1.10. The van der Waals surface area contributed by atoms with Crippen LogP contribution in [0.5, 0.6) is 0 Å². The number of nitrogens with zero attached hydrogens (tertiary/aromatic N) is 3. The first-order valence-electron chi connectivity index (χ1n) is 15.4. The lowest BCUT2D eigenvalue weighted by atomic mass is 9.80. The van der Waals surface area contributed by atoms with Crippen LogP contribution < -0.4 is 10.6 Å². The Kier molecular flexibility index (Phi) is 9.02. The number of unbranched alkanes of at least 4 members (excludes halogenated alkanes) is 2. The molecule has 1 aliphatic heterocycles. The minimum atomic E-state index is -0.762. The number of carbonyl (C=O) groups excluding carboxylic acids is 2. The van der Waals surface area contributed by atoms with Crippen molar-refractivity contribution in [2.45, 2.75) is 64.7 Å². The molecule has 11 heteroatoms. The van der Waals surface area contributed by atoms with Crippen LogP contribution >= 0.6 is 11.6 Å². The average molecular weight is 630 g/mol. The molecule has 3 heterocycles. The monoisotopic (exact) mass is 629 g/mol. The number of methoxy groups -OCH3 is 1. The van der Waals surface area contributed by atoms with E-state index in [2.05, 4.69) is 20.9 Å². The summed E-state index contributed by atoms with van der Waals surface area (Å²) in [6, 6.07) is 11.3. The molecule has 0 saturated carbocycles. The van der Waals surface area contributed by atoms with E-state index < -0.39 is 17.9 Å². The van der Waals surface area contributed by atoms with Crippen LogP contribution in [0, 0.1) is 0 Å². The molecule has 6 rings (SSSR count). The van der Waals surface area contributed by atoms with Crippen molar-refractivity contribution in [1.82, 2.24) is 20.6 Å². The number of pyridine rings is 1. The molecular formula is C34H36ClN5O5. The Morgan fingerprint density at radius 2 is 1.80 bits per heavy atom. The second-order valence-corrected chi connectivity index (χ2v) is 11.9. The Morgan fingerprint density at radius 3 is 2.62 bits per heavy atom. The number of esters is 2. The normalized spacial score (nSPS) is 16.5. The molecule has 2 N–H and O–H groups in total. The number of fused-ring (bicyclic) bond motifs is 3. The molecule has 2 aliphatic rings. The smallest absolute Gasteiger partial charge is 0.336 e. The molecule has 2 aromatic carbocycles. The van der Waals surface area contributed by atoms with Crippen molar-refractivity contribution < 1.29 is 23.7 Å². The van der Waals surface area contributed by atoms with E-state index in [4.69, 9.17) is 30.7 Å². The molecule has 1 unspecified atom stereocenters. The number of aryl methyl sites for hydroxylation is 1. The molecule has 4 aromatic rings. The number of aromatic nitrogens is 3. The molecule has 1 atom stereocenters. The number of anilines is 1. The molecule has 45 heavy (non-hydrogen) atoms. The van der Waals surface area contributed by atoms with E-state index in [1.54, 1.807) is 26.0 Å². The maximum absolute atomic E-state index is 13.6. The predicted molar refractivity (Wildman–Crippen MR) is 172 cm³/mol. The highest BCUT2D eigenvalue weighted by molar-refractivity contribution is 6.31. The number of rotatable bonds is 10. The highest BCUT2D eigenvalue weighted by Crippen LogP contribution is 2.41. The number of ether oxygens (including phenoxy) is 2. The lowest BCUT2D eigenvalue weighted by Crippen LogP contribution is -2.32. The summed E-state index contributed by atoms with van der Waals surface area (Å²) in [4.78, 5) is 31.5. The van der Waals surface area contributed by atoms with Crippen LogP contribution in [0.3, 0.4) is 0 Å². The Labute approximate surface area is 266 Å². The minimum Gasteiger partial charge on any atom is -0.466 e. The van der Waals surface area contributed by atoms with Crippen molar-refractivity contribution in [2.75, 3.05) is 25.6 Å². The summed E-state index contributed by atoms with van der Waals surface area (Å²) in [5.41, 5.74) is 8.01. The maximum Gasteiger partial charge on any atom is 0.336 e. The lowest BCUT2D eigenvalue weighted by Gasteiger charge is -2.30. The van der Waals surface area contributed by atoms with Gasteiger partial charge in [-0.1, -0.05) is 23.7 Å². The SMILES string of the molecule is COC(=O)C1=C(C)NC(C)=C(C(=O)OCCCCCNc2c3c(nc4cc(Cl)ccc24)CCCC3)C1c1cccc2nonc12. The number of benzene rings is 2. The number of dihydropyridines is 1. The minimum absolute atomic E-state index is 0.250. The quantitative estimate of drug-likeness (QED) is 0.147. The molecule has 0 amide bonds. The molecule has 2 aromatic heterocycles. The van der Waals surface area contributed by atoms with Gasteiger partial charge in [-0.25, -0.2) is 14.2 Å². The topological polar surface area (TPSA) is 128 Å². The maximum atomic E-state index is 13.6. The summed E-state index contributed by atoms with van der Waals surface area (Å²) in [5, 5.41) is 16.6. The molecule has 0 bridgehead atoms. The molecule has 0 radical (unpaired) electrons. The van der Waals surface area contributed by atoms with Gasteiger partial charge in [0.25, 0.3) is 0 Å². The first kappa shape index (κ1) is 30.6. The van der Waals surface area contributed by atoms with E-state index in [1.807, 2.05) is 24.3 Å². The van der Waals surface area contributed by atoms with Crippen molar-refractivity contribution in [2.24, 2.45) is 0 Å². The van der Waals surface area contributed by atoms with Crippen molar-refractivity contribution in [3.8, 4) is 0 Å². The molecule has 0 spiro atoms. The second-order valence-electron chi connectivity index (χ2n) is 11.5. The van der Waals surface area contributed by atoms with Gasteiger partial charge in [0.15, 0.2) is 0 Å². The van der Waals surface area contributed by atoms with Gasteiger partial charge in [0.05, 0.1) is 36.3 Å². The highest BCUT2D eigenvalue weighted by atomic mass is 35.5. The van der Waals surface area contributed by atoms with Crippen molar-refractivity contribution in [3.63, 3.8) is 0 Å². The zero-order chi connectivity index (χ0) is 31.5. The number of halogens is 1. The van der Waals surface area contributed by atoms with E-state index in [0.717, 1.165) is 55.2 Å². The van der Waals surface area contributed by atoms with Gasteiger partial charge in [-0.2, -0.15) is 0 Å². The molecule has 0 fully saturated rings. The molecule has 234 valence electrons. The number of nitrogens with one attached hydrogen (secondary N) is 2. The fourth-order valence-electron chi connectivity index (χ4n) is 6.48. The van der Waals surface area contributed by atoms with Gasteiger partial charge in [0.1, 0.15) is 11.0 Å². The number of allylic oxidation sites excluding steroid dienone is 2. The van der Waals surface area contributed by atoms with Gasteiger partial charge in [-0.3, -0.25) is 4.98 Å². The molecule has 1 aliphatic carbocycles. The third-order valence-corrected chi connectivity index (χ3v) is 8.83.